The van der Waals surface area contributed by atoms with Gasteiger partial charge in [-0.1, -0.05) is 43.3 Å². The van der Waals surface area contributed by atoms with Gasteiger partial charge in [0.05, 0.1) is 16.8 Å². The van der Waals surface area contributed by atoms with Gasteiger partial charge in [-0.2, -0.15) is 0 Å². The van der Waals surface area contributed by atoms with E-state index in [0.717, 1.165) is 12.1 Å². The molecule has 0 aliphatic carbocycles. The predicted molar refractivity (Wildman–Crippen MR) is 105 cm³/mol. The number of hydrogen-bond donors (Lipinski definition) is 2. The van der Waals surface area contributed by atoms with Crippen LogP contribution in [-0.4, -0.2) is 25.0 Å². The average Bonchev–Trinajstić information content (AvgIpc) is 3.13. The summed E-state index contributed by atoms with van der Waals surface area (Å²) in [6.07, 6.45) is 0.951. The summed E-state index contributed by atoms with van der Waals surface area (Å²) in [5.41, 5.74) is 3.17. The first kappa shape index (κ1) is 16.8. The van der Waals surface area contributed by atoms with Crippen LogP contribution in [0, 0.1) is 0 Å². The molecule has 27 heavy (non-hydrogen) atoms. The first-order chi connectivity index (χ1) is 13.2. The van der Waals surface area contributed by atoms with Crippen LogP contribution in [0.5, 0.6) is 11.5 Å². The van der Waals surface area contributed by atoms with E-state index in [2.05, 4.69) is 17.0 Å². The van der Waals surface area contributed by atoms with Gasteiger partial charge in [0.1, 0.15) is 11.5 Å². The van der Waals surface area contributed by atoms with Crippen LogP contribution in [0.1, 0.15) is 12.5 Å². The molecule has 134 valence electrons. The number of aromatic hydroxyl groups is 2. The van der Waals surface area contributed by atoms with Crippen LogP contribution in [-0.2, 0) is 6.42 Å². The van der Waals surface area contributed by atoms with Crippen molar-refractivity contribution in [3.05, 3.63) is 78.4 Å². The van der Waals surface area contributed by atoms with Gasteiger partial charge < -0.3 is 10.2 Å². The molecule has 2 N–H and O–H groups in total. The van der Waals surface area contributed by atoms with Crippen LogP contribution >= 0.6 is 0 Å². The fourth-order valence-corrected chi connectivity index (χ4v) is 2.98. The van der Waals surface area contributed by atoms with E-state index < -0.39 is 0 Å². The lowest BCUT2D eigenvalue weighted by atomic mass is 10.1. The van der Waals surface area contributed by atoms with Crippen molar-refractivity contribution >= 4 is 0 Å². The molecule has 5 nitrogen and oxygen atoms in total. The van der Waals surface area contributed by atoms with E-state index in [0.29, 0.717) is 22.8 Å². The first-order valence-corrected chi connectivity index (χ1v) is 8.80. The smallest absolute Gasteiger partial charge is 0.185 e. The van der Waals surface area contributed by atoms with E-state index in [1.165, 1.54) is 5.56 Å². The summed E-state index contributed by atoms with van der Waals surface area (Å²) in [6.45, 7) is 2.11. The van der Waals surface area contributed by atoms with Crippen molar-refractivity contribution in [1.29, 1.82) is 0 Å². The molecule has 0 saturated carbocycles. The zero-order valence-corrected chi connectivity index (χ0v) is 14.9. The van der Waals surface area contributed by atoms with Gasteiger partial charge in [0, 0.05) is 0 Å². The van der Waals surface area contributed by atoms with Crippen LogP contribution in [0.25, 0.3) is 28.5 Å². The molecule has 0 spiro atoms. The van der Waals surface area contributed by atoms with Crippen LogP contribution in [0.4, 0.5) is 0 Å². The number of hydrogen-bond acceptors (Lipinski definition) is 4. The van der Waals surface area contributed by atoms with Crippen LogP contribution < -0.4 is 0 Å². The van der Waals surface area contributed by atoms with Gasteiger partial charge in [0.15, 0.2) is 11.6 Å². The van der Waals surface area contributed by atoms with Crippen LogP contribution in [0.15, 0.2) is 72.8 Å². The van der Waals surface area contributed by atoms with Gasteiger partial charge in [-0.3, -0.25) is 0 Å². The van der Waals surface area contributed by atoms with Crippen molar-refractivity contribution in [3.63, 3.8) is 0 Å². The highest BCUT2D eigenvalue weighted by atomic mass is 16.3. The molecule has 0 fully saturated rings. The minimum absolute atomic E-state index is 0.111. The summed E-state index contributed by atoms with van der Waals surface area (Å²) in [6, 6.07) is 22.0. The molecule has 1 aromatic heterocycles. The average molecular weight is 357 g/mol. The van der Waals surface area contributed by atoms with Crippen molar-refractivity contribution in [1.82, 2.24) is 14.8 Å². The molecule has 0 aliphatic heterocycles. The maximum Gasteiger partial charge on any atom is 0.185 e. The Morgan fingerprint density at radius 2 is 1.37 bits per heavy atom. The predicted octanol–water partition coefficient (Wildman–Crippen LogP) is 4.57. The molecule has 1 heterocycles. The molecule has 0 bridgehead atoms. The summed E-state index contributed by atoms with van der Waals surface area (Å²) in [7, 11) is 0. The van der Waals surface area contributed by atoms with Crippen LogP contribution in [0.2, 0.25) is 0 Å². The molecular formula is C22H19N3O2. The first-order valence-electron chi connectivity index (χ1n) is 8.80. The number of rotatable bonds is 4. The summed E-state index contributed by atoms with van der Waals surface area (Å²) in [5, 5.41) is 25.1. The Bertz CT molecular complexity index is 1080. The molecular weight excluding hydrogens is 338 g/mol. The maximum absolute atomic E-state index is 10.3. The number of para-hydroxylation sites is 2. The Morgan fingerprint density at radius 3 is 1.96 bits per heavy atom. The van der Waals surface area contributed by atoms with E-state index in [1.54, 1.807) is 41.1 Å². The van der Waals surface area contributed by atoms with Gasteiger partial charge in [0.25, 0.3) is 0 Å². The molecule has 0 amide bonds. The van der Waals surface area contributed by atoms with Crippen molar-refractivity contribution in [2.45, 2.75) is 13.3 Å². The fourth-order valence-electron chi connectivity index (χ4n) is 2.98. The quantitative estimate of drug-likeness (QED) is 0.561. The molecule has 5 heteroatoms. The van der Waals surface area contributed by atoms with E-state index in [1.807, 2.05) is 36.4 Å². The zero-order valence-electron chi connectivity index (χ0n) is 14.9. The lowest BCUT2D eigenvalue weighted by Crippen LogP contribution is -2.00. The summed E-state index contributed by atoms with van der Waals surface area (Å²) >= 11 is 0. The minimum Gasteiger partial charge on any atom is -0.507 e. The monoisotopic (exact) mass is 357 g/mol. The second kappa shape index (κ2) is 6.96. The zero-order chi connectivity index (χ0) is 18.8. The highest BCUT2D eigenvalue weighted by molar-refractivity contribution is 5.70. The third kappa shape index (κ3) is 3.15. The molecule has 0 radical (unpaired) electrons. The summed E-state index contributed by atoms with van der Waals surface area (Å²) < 4.78 is 1.69. The Morgan fingerprint density at radius 1 is 0.778 bits per heavy atom. The lowest BCUT2D eigenvalue weighted by molar-refractivity contribution is 0.476. The van der Waals surface area contributed by atoms with Gasteiger partial charge in [-0.15, -0.1) is 5.10 Å². The Hall–Kier alpha value is -3.60. The standard InChI is InChI=1S/C22H19N3O2/c1-2-15-11-13-16(14-12-15)25-22(18-8-4-6-10-20(18)27)23-21(24-25)17-7-3-5-9-19(17)26/h3-14,26-27H,2H2,1H3. The Labute approximate surface area is 157 Å². The van der Waals surface area contributed by atoms with Gasteiger partial charge in [-0.25, -0.2) is 9.67 Å². The molecule has 0 atom stereocenters. The van der Waals surface area contributed by atoms with Crippen LogP contribution in [0.3, 0.4) is 0 Å². The normalized spacial score (nSPS) is 10.9. The van der Waals surface area contributed by atoms with Gasteiger partial charge in [0.2, 0.25) is 0 Å². The number of nitrogens with zero attached hydrogens (tertiary/aromatic N) is 3. The molecule has 3 aromatic carbocycles. The van der Waals surface area contributed by atoms with Crippen molar-refractivity contribution in [3.8, 4) is 40.0 Å². The third-order valence-corrected chi connectivity index (χ3v) is 4.49. The molecule has 0 saturated heterocycles. The number of phenols is 2. The van der Waals surface area contributed by atoms with E-state index >= 15 is 0 Å². The van der Waals surface area contributed by atoms with E-state index in [9.17, 15) is 10.2 Å². The van der Waals surface area contributed by atoms with Gasteiger partial charge in [-0.05, 0) is 48.4 Å². The SMILES string of the molecule is CCc1ccc(-n2nc(-c3ccccc3O)nc2-c2ccccc2O)cc1. The molecule has 4 aromatic rings. The summed E-state index contributed by atoms with van der Waals surface area (Å²) in [5.74, 6) is 1.14. The largest absolute Gasteiger partial charge is 0.507 e. The van der Waals surface area contributed by atoms with E-state index in [4.69, 9.17) is 0 Å². The Balaban J connectivity index is 1.93. The number of phenolic OH excluding ortho intramolecular Hbond substituents is 2. The highest BCUT2D eigenvalue weighted by Crippen LogP contribution is 2.33. The van der Waals surface area contributed by atoms with Crippen molar-refractivity contribution < 1.29 is 10.2 Å². The Kier molecular flexibility index (Phi) is 4.34. The molecule has 0 unspecified atom stereocenters. The van der Waals surface area contributed by atoms with Crippen molar-refractivity contribution in [2.24, 2.45) is 0 Å². The summed E-state index contributed by atoms with van der Waals surface area (Å²) in [4.78, 5) is 4.62. The second-order valence-electron chi connectivity index (χ2n) is 6.23. The number of benzene rings is 3. The highest BCUT2D eigenvalue weighted by Gasteiger charge is 2.18. The number of aryl methyl sites for hydroxylation is 1. The second-order valence-corrected chi connectivity index (χ2v) is 6.23. The maximum atomic E-state index is 10.3. The molecule has 4 rings (SSSR count). The topological polar surface area (TPSA) is 71.2 Å². The van der Waals surface area contributed by atoms with Gasteiger partial charge >= 0.3 is 0 Å². The number of aromatic nitrogens is 3. The third-order valence-electron chi connectivity index (χ3n) is 4.49. The van der Waals surface area contributed by atoms with E-state index in [-0.39, 0.29) is 11.5 Å². The molecule has 0 aliphatic rings. The fraction of sp³-hybridized carbons (Fsp3) is 0.0909. The minimum atomic E-state index is 0.111. The lowest BCUT2D eigenvalue weighted by Gasteiger charge is -2.08. The van der Waals surface area contributed by atoms with Crippen molar-refractivity contribution in [2.75, 3.05) is 0 Å².